The second-order valence-corrected chi connectivity index (χ2v) is 9.98. The third-order valence-electron chi connectivity index (χ3n) is 7.19. The summed E-state index contributed by atoms with van der Waals surface area (Å²) < 4.78 is 77.2. The number of hydrogen-bond acceptors (Lipinski definition) is 6. The van der Waals surface area contributed by atoms with Crippen molar-refractivity contribution in [2.24, 2.45) is 7.05 Å². The SMILES string of the molecule is CCC(Nc1cc(F)c(C(=O)NC(Cc2ccc(-c3c(OC)cc(C)n(C)c3=O)c3nccn23)C(=O)O)c(F)c1)C(F)(F)F. The number of ether oxygens (including phenoxy) is 1. The van der Waals surface area contributed by atoms with E-state index < -0.39 is 59.4 Å². The Kier molecular flexibility index (Phi) is 8.97. The number of anilines is 1. The number of rotatable bonds is 10. The molecule has 0 saturated carbocycles. The molecule has 0 spiro atoms. The number of alkyl halides is 3. The van der Waals surface area contributed by atoms with Crippen molar-refractivity contribution in [2.75, 3.05) is 12.4 Å². The molecule has 0 aliphatic heterocycles. The van der Waals surface area contributed by atoms with Crippen molar-refractivity contribution in [1.82, 2.24) is 19.3 Å². The van der Waals surface area contributed by atoms with Gasteiger partial charge in [0.15, 0.2) is 0 Å². The topological polar surface area (TPSA) is 127 Å². The number of carbonyl (C=O) groups is 2. The standard InChI is InChI=1S/C29H28F5N5O5/c1-5-22(29(32,33)34)36-15-11-18(30)24(19(31)12-15)26(40)37-20(28(42)43)13-16-6-7-17(25-35-8-9-39(16)25)23-21(44-4)10-14(2)38(3)27(23)41/h6-12,20,22,36H,5,13H2,1-4H3,(H,37,40)(H,42,43). The highest BCUT2D eigenvalue weighted by molar-refractivity contribution is 5.97. The van der Waals surface area contributed by atoms with Crippen LogP contribution in [0.3, 0.4) is 0 Å². The zero-order valence-corrected chi connectivity index (χ0v) is 23.9. The summed E-state index contributed by atoms with van der Waals surface area (Å²) in [4.78, 5) is 42.4. The number of nitrogens with zero attached hydrogens (tertiary/aromatic N) is 3. The molecule has 0 aliphatic carbocycles. The van der Waals surface area contributed by atoms with E-state index in [0.29, 0.717) is 34.8 Å². The van der Waals surface area contributed by atoms with Crippen LogP contribution in [0.1, 0.15) is 35.1 Å². The highest BCUT2D eigenvalue weighted by atomic mass is 19.4. The van der Waals surface area contributed by atoms with Gasteiger partial charge in [0.25, 0.3) is 11.5 Å². The van der Waals surface area contributed by atoms with Gasteiger partial charge in [0.05, 0.1) is 12.7 Å². The molecule has 1 aromatic carbocycles. The van der Waals surface area contributed by atoms with Crippen LogP contribution >= 0.6 is 0 Å². The number of aromatic nitrogens is 3. The van der Waals surface area contributed by atoms with E-state index in [1.54, 1.807) is 26.1 Å². The van der Waals surface area contributed by atoms with E-state index in [-0.39, 0.29) is 23.2 Å². The summed E-state index contributed by atoms with van der Waals surface area (Å²) >= 11 is 0. The first-order chi connectivity index (χ1) is 20.7. The lowest BCUT2D eigenvalue weighted by atomic mass is 10.0. The molecule has 0 saturated heterocycles. The van der Waals surface area contributed by atoms with Crippen LogP contribution in [0.15, 0.2) is 47.5 Å². The Bertz CT molecular complexity index is 1780. The fraction of sp³-hybridized carbons (Fsp3) is 0.310. The van der Waals surface area contributed by atoms with E-state index in [0.717, 1.165) is 0 Å². The number of halogens is 5. The predicted molar refractivity (Wildman–Crippen MR) is 150 cm³/mol. The maximum atomic E-state index is 14.8. The first kappa shape index (κ1) is 32.0. The number of carboxylic acids is 1. The zero-order chi connectivity index (χ0) is 32.5. The molecule has 15 heteroatoms. The monoisotopic (exact) mass is 621 g/mol. The molecule has 3 aromatic heterocycles. The molecule has 1 amide bonds. The van der Waals surface area contributed by atoms with Gasteiger partial charge in [-0.25, -0.2) is 18.6 Å². The Morgan fingerprint density at radius 1 is 1.14 bits per heavy atom. The van der Waals surface area contributed by atoms with E-state index in [4.69, 9.17) is 4.74 Å². The molecular weight excluding hydrogens is 593 g/mol. The van der Waals surface area contributed by atoms with E-state index in [9.17, 15) is 41.4 Å². The number of nitrogens with one attached hydrogen (secondary N) is 2. The smallest absolute Gasteiger partial charge is 0.408 e. The van der Waals surface area contributed by atoms with Crippen molar-refractivity contribution in [2.45, 2.75) is 44.9 Å². The molecule has 0 radical (unpaired) electrons. The average molecular weight is 622 g/mol. The normalized spacial score (nSPS) is 13.0. The number of amides is 1. The molecule has 4 rings (SSSR count). The zero-order valence-electron chi connectivity index (χ0n) is 23.9. The van der Waals surface area contributed by atoms with Gasteiger partial charge < -0.3 is 29.4 Å². The Hall–Kier alpha value is -4.95. The summed E-state index contributed by atoms with van der Waals surface area (Å²) in [5, 5.41) is 13.9. The second-order valence-electron chi connectivity index (χ2n) is 9.98. The molecule has 0 aliphatic rings. The summed E-state index contributed by atoms with van der Waals surface area (Å²) in [6, 6.07) is 2.02. The van der Waals surface area contributed by atoms with Crippen LogP contribution in [0.5, 0.6) is 5.75 Å². The number of aryl methyl sites for hydroxylation is 1. The molecule has 2 unspecified atom stereocenters. The average Bonchev–Trinajstić information content (AvgIpc) is 3.44. The summed E-state index contributed by atoms with van der Waals surface area (Å²) in [5.74, 6) is -5.62. The van der Waals surface area contributed by atoms with Crippen LogP contribution < -0.4 is 20.9 Å². The molecule has 0 fully saturated rings. The van der Waals surface area contributed by atoms with Gasteiger partial charge in [0, 0.05) is 54.6 Å². The van der Waals surface area contributed by atoms with Crippen LogP contribution in [0.25, 0.3) is 16.8 Å². The van der Waals surface area contributed by atoms with Crippen LogP contribution in [0.2, 0.25) is 0 Å². The second kappa shape index (κ2) is 12.3. The van der Waals surface area contributed by atoms with E-state index in [1.165, 1.54) is 41.5 Å². The number of hydrogen-bond donors (Lipinski definition) is 3. The predicted octanol–water partition coefficient (Wildman–Crippen LogP) is 4.47. The third kappa shape index (κ3) is 6.21. The molecule has 0 bridgehead atoms. The fourth-order valence-electron chi connectivity index (χ4n) is 4.76. The number of carboxylic acid groups (broad SMARTS) is 1. The van der Waals surface area contributed by atoms with Gasteiger partial charge >= 0.3 is 12.1 Å². The highest BCUT2D eigenvalue weighted by Gasteiger charge is 2.38. The maximum Gasteiger partial charge on any atom is 0.408 e. The van der Waals surface area contributed by atoms with Crippen molar-refractivity contribution in [3.05, 3.63) is 81.7 Å². The fourth-order valence-corrected chi connectivity index (χ4v) is 4.76. The van der Waals surface area contributed by atoms with Crippen LogP contribution in [0.4, 0.5) is 27.6 Å². The van der Waals surface area contributed by atoms with Gasteiger partial charge in [0.1, 0.15) is 40.7 Å². The molecular formula is C29H28F5N5O5. The molecule has 2 atom stereocenters. The van der Waals surface area contributed by atoms with E-state index in [1.807, 2.05) is 5.32 Å². The Labute approximate surface area is 247 Å². The lowest BCUT2D eigenvalue weighted by Gasteiger charge is -2.22. The summed E-state index contributed by atoms with van der Waals surface area (Å²) in [5.41, 5.74) is -0.209. The van der Waals surface area contributed by atoms with E-state index in [2.05, 4.69) is 10.3 Å². The number of fused-ring (bicyclic) bond motifs is 1. The summed E-state index contributed by atoms with van der Waals surface area (Å²) in [6.07, 6.45) is -2.55. The number of benzene rings is 1. The number of imidazole rings is 1. The van der Waals surface area contributed by atoms with Crippen molar-refractivity contribution in [3.63, 3.8) is 0 Å². The van der Waals surface area contributed by atoms with Gasteiger partial charge in [-0.2, -0.15) is 13.2 Å². The van der Waals surface area contributed by atoms with Crippen molar-refractivity contribution in [1.29, 1.82) is 0 Å². The maximum absolute atomic E-state index is 14.8. The molecule has 44 heavy (non-hydrogen) atoms. The lowest BCUT2D eigenvalue weighted by Crippen LogP contribution is -2.43. The van der Waals surface area contributed by atoms with Gasteiger partial charge in [-0.1, -0.05) is 6.92 Å². The first-order valence-corrected chi connectivity index (χ1v) is 13.2. The Balaban J connectivity index is 1.64. The quantitative estimate of drug-likeness (QED) is 0.223. The third-order valence-corrected chi connectivity index (χ3v) is 7.19. The number of pyridine rings is 2. The van der Waals surface area contributed by atoms with Crippen molar-refractivity contribution < 1.29 is 41.4 Å². The van der Waals surface area contributed by atoms with Gasteiger partial charge in [-0.15, -0.1) is 0 Å². The summed E-state index contributed by atoms with van der Waals surface area (Å²) in [6.45, 7) is 2.97. The Morgan fingerprint density at radius 3 is 2.36 bits per heavy atom. The summed E-state index contributed by atoms with van der Waals surface area (Å²) in [7, 11) is 3.01. The van der Waals surface area contributed by atoms with Gasteiger partial charge in [-0.3, -0.25) is 9.59 Å². The van der Waals surface area contributed by atoms with Crippen molar-refractivity contribution >= 4 is 23.2 Å². The molecule has 3 heterocycles. The largest absolute Gasteiger partial charge is 0.496 e. The van der Waals surface area contributed by atoms with Crippen LogP contribution in [0, 0.1) is 18.6 Å². The van der Waals surface area contributed by atoms with Gasteiger partial charge in [0.2, 0.25) is 0 Å². The minimum Gasteiger partial charge on any atom is -0.496 e. The van der Waals surface area contributed by atoms with Crippen LogP contribution in [-0.2, 0) is 18.3 Å². The molecule has 234 valence electrons. The number of carbonyl (C=O) groups excluding carboxylic acids is 1. The Morgan fingerprint density at radius 2 is 1.80 bits per heavy atom. The van der Waals surface area contributed by atoms with E-state index >= 15 is 0 Å². The minimum atomic E-state index is -4.69. The molecule has 10 nitrogen and oxygen atoms in total. The molecule has 4 aromatic rings. The highest BCUT2D eigenvalue weighted by Crippen LogP contribution is 2.31. The van der Waals surface area contributed by atoms with Crippen molar-refractivity contribution in [3.8, 4) is 16.9 Å². The number of aliphatic carboxylic acids is 1. The first-order valence-electron chi connectivity index (χ1n) is 13.2. The number of methoxy groups -OCH3 is 1. The minimum absolute atomic E-state index is 0.218. The van der Waals surface area contributed by atoms with Gasteiger partial charge in [-0.05, 0) is 37.6 Å². The van der Waals surface area contributed by atoms with Crippen LogP contribution in [-0.4, -0.2) is 56.3 Å². The lowest BCUT2D eigenvalue weighted by molar-refractivity contribution is -0.143. The molecule has 3 N–H and O–H groups in total.